The molecule has 0 bridgehead atoms. The lowest BCUT2D eigenvalue weighted by Gasteiger charge is -2.16. The predicted octanol–water partition coefficient (Wildman–Crippen LogP) is 1.78. The number of carbonyl (C=O) groups is 1. The van der Waals surface area contributed by atoms with Crippen LogP contribution in [0.25, 0.3) is 17.0 Å². The van der Waals surface area contributed by atoms with Gasteiger partial charge in [0.15, 0.2) is 6.29 Å². The highest BCUT2D eigenvalue weighted by Crippen LogP contribution is 2.21. The number of hydrogen-bond acceptors (Lipinski definition) is 4. The Balaban J connectivity index is 2.14. The summed E-state index contributed by atoms with van der Waals surface area (Å²) >= 11 is 0. The summed E-state index contributed by atoms with van der Waals surface area (Å²) in [5, 5.41) is 9.61. The molecule has 6 nitrogen and oxygen atoms in total. The Kier molecular flexibility index (Phi) is 4.27. The van der Waals surface area contributed by atoms with Gasteiger partial charge in [-0.2, -0.15) is 0 Å². The van der Waals surface area contributed by atoms with Crippen molar-refractivity contribution in [3.63, 3.8) is 0 Å². The maximum atomic E-state index is 12.5. The maximum Gasteiger partial charge on any atom is 0.328 e. The number of fused-ring (bicyclic) bond motifs is 1. The van der Waals surface area contributed by atoms with Crippen molar-refractivity contribution in [1.29, 1.82) is 0 Å². The van der Waals surface area contributed by atoms with E-state index in [-0.39, 0.29) is 5.56 Å². The van der Waals surface area contributed by atoms with Gasteiger partial charge in [0.2, 0.25) is 0 Å². The second-order valence-electron chi connectivity index (χ2n) is 5.41. The number of aliphatic carboxylic acids is 1. The molecule has 1 saturated heterocycles. The number of carboxylic acids is 1. The zero-order valence-corrected chi connectivity index (χ0v) is 12.7. The van der Waals surface area contributed by atoms with Crippen LogP contribution in [-0.2, 0) is 20.8 Å². The topological polar surface area (TPSA) is 77.8 Å². The van der Waals surface area contributed by atoms with Gasteiger partial charge in [-0.1, -0.05) is 12.1 Å². The molecule has 1 aromatic carbocycles. The van der Waals surface area contributed by atoms with Gasteiger partial charge in [-0.15, -0.1) is 0 Å². The number of ether oxygens (including phenoxy) is 2. The SMILES string of the molecule is Cc1ccc2c(/C=C/C(=O)O)cc(=O)n(CC3OCCO3)c2c1. The van der Waals surface area contributed by atoms with E-state index in [0.717, 1.165) is 22.5 Å². The van der Waals surface area contributed by atoms with Crippen molar-refractivity contribution in [2.45, 2.75) is 19.8 Å². The molecule has 3 rings (SSSR count). The fourth-order valence-electron chi connectivity index (χ4n) is 2.67. The Hall–Kier alpha value is -2.44. The van der Waals surface area contributed by atoms with Crippen LogP contribution >= 0.6 is 0 Å². The first-order valence-corrected chi connectivity index (χ1v) is 7.33. The summed E-state index contributed by atoms with van der Waals surface area (Å²) in [6.07, 6.45) is 2.03. The molecule has 0 amide bonds. The quantitative estimate of drug-likeness (QED) is 0.870. The van der Waals surface area contributed by atoms with E-state index in [9.17, 15) is 9.59 Å². The summed E-state index contributed by atoms with van der Waals surface area (Å²) in [5.74, 6) is -1.05. The monoisotopic (exact) mass is 315 g/mol. The molecule has 2 heterocycles. The lowest BCUT2D eigenvalue weighted by Crippen LogP contribution is -2.27. The highest BCUT2D eigenvalue weighted by molar-refractivity contribution is 5.93. The molecule has 0 spiro atoms. The third kappa shape index (κ3) is 3.33. The fraction of sp³-hybridized carbons (Fsp3) is 0.294. The van der Waals surface area contributed by atoms with E-state index in [1.54, 1.807) is 4.57 Å². The number of aryl methyl sites for hydroxylation is 1. The molecule has 0 atom stereocenters. The number of benzene rings is 1. The molecule has 0 aliphatic carbocycles. The minimum Gasteiger partial charge on any atom is -0.478 e. The minimum absolute atomic E-state index is 0.216. The molecule has 1 fully saturated rings. The van der Waals surface area contributed by atoms with Crippen molar-refractivity contribution in [2.75, 3.05) is 13.2 Å². The van der Waals surface area contributed by atoms with Gasteiger partial charge in [-0.3, -0.25) is 4.79 Å². The Morgan fingerprint density at radius 2 is 2.09 bits per heavy atom. The largest absolute Gasteiger partial charge is 0.478 e. The standard InChI is InChI=1S/C17H17NO5/c1-11-2-4-13-12(3-5-16(20)21)9-15(19)18(14(13)8-11)10-17-22-6-7-23-17/h2-5,8-9,17H,6-7,10H2,1H3,(H,20,21)/b5-3+. The lowest BCUT2D eigenvalue weighted by molar-refractivity contribution is -0.131. The number of rotatable bonds is 4. The Labute approximate surface area is 132 Å². The molecule has 0 saturated carbocycles. The third-order valence-corrected chi connectivity index (χ3v) is 3.73. The second kappa shape index (κ2) is 6.36. The average molecular weight is 315 g/mol. The van der Waals surface area contributed by atoms with Gasteiger partial charge in [0.25, 0.3) is 5.56 Å². The number of pyridine rings is 1. The van der Waals surface area contributed by atoms with Crippen molar-refractivity contribution < 1.29 is 19.4 Å². The maximum absolute atomic E-state index is 12.5. The summed E-state index contributed by atoms with van der Waals surface area (Å²) in [5.41, 5.74) is 2.11. The van der Waals surface area contributed by atoms with E-state index in [1.165, 1.54) is 12.1 Å². The van der Waals surface area contributed by atoms with Crippen molar-refractivity contribution in [1.82, 2.24) is 4.57 Å². The van der Waals surface area contributed by atoms with Crippen molar-refractivity contribution in [2.24, 2.45) is 0 Å². The van der Waals surface area contributed by atoms with Gasteiger partial charge in [0.1, 0.15) is 0 Å². The average Bonchev–Trinajstić information content (AvgIpc) is 3.01. The first kappa shape index (κ1) is 15.5. The molecular formula is C17H17NO5. The van der Waals surface area contributed by atoms with Gasteiger partial charge in [0.05, 0.1) is 25.3 Å². The summed E-state index contributed by atoms with van der Waals surface area (Å²) in [6.45, 7) is 3.30. The van der Waals surface area contributed by atoms with Gasteiger partial charge >= 0.3 is 5.97 Å². The Bertz CT molecular complexity index is 831. The summed E-state index contributed by atoms with van der Waals surface area (Å²) in [4.78, 5) is 23.2. The summed E-state index contributed by atoms with van der Waals surface area (Å²) in [6, 6.07) is 7.16. The first-order valence-electron chi connectivity index (χ1n) is 7.33. The van der Waals surface area contributed by atoms with Gasteiger partial charge in [-0.05, 0) is 30.2 Å². The van der Waals surface area contributed by atoms with Crippen LogP contribution in [0.1, 0.15) is 11.1 Å². The van der Waals surface area contributed by atoms with Crippen LogP contribution in [-0.4, -0.2) is 35.1 Å². The molecule has 0 unspecified atom stereocenters. The van der Waals surface area contributed by atoms with Crippen LogP contribution in [0.4, 0.5) is 0 Å². The molecule has 0 radical (unpaired) electrons. The molecule has 6 heteroatoms. The van der Waals surface area contributed by atoms with Gasteiger partial charge in [0, 0.05) is 17.5 Å². The number of carboxylic acid groups (broad SMARTS) is 1. The highest BCUT2D eigenvalue weighted by Gasteiger charge is 2.18. The van der Waals surface area contributed by atoms with E-state index >= 15 is 0 Å². The van der Waals surface area contributed by atoms with Gasteiger partial charge < -0.3 is 19.1 Å². The third-order valence-electron chi connectivity index (χ3n) is 3.73. The fourth-order valence-corrected chi connectivity index (χ4v) is 2.67. The molecule has 1 aliphatic rings. The van der Waals surface area contributed by atoms with Crippen LogP contribution in [0, 0.1) is 6.92 Å². The van der Waals surface area contributed by atoms with Crippen LogP contribution in [0.5, 0.6) is 0 Å². The van der Waals surface area contributed by atoms with Crippen molar-refractivity contribution in [3.8, 4) is 0 Å². The minimum atomic E-state index is -1.05. The molecular weight excluding hydrogens is 298 g/mol. The summed E-state index contributed by atoms with van der Waals surface area (Å²) < 4.78 is 12.5. The second-order valence-corrected chi connectivity index (χ2v) is 5.41. The predicted molar refractivity (Wildman–Crippen MR) is 85.3 cm³/mol. The van der Waals surface area contributed by atoms with Crippen LogP contribution in [0.2, 0.25) is 0 Å². The first-order chi connectivity index (χ1) is 11.0. The molecule has 1 aliphatic heterocycles. The van der Waals surface area contributed by atoms with E-state index in [4.69, 9.17) is 14.6 Å². The molecule has 2 aromatic rings. The molecule has 23 heavy (non-hydrogen) atoms. The number of aromatic nitrogens is 1. The van der Waals surface area contributed by atoms with E-state index in [0.29, 0.717) is 25.3 Å². The van der Waals surface area contributed by atoms with E-state index in [2.05, 4.69) is 0 Å². The van der Waals surface area contributed by atoms with Gasteiger partial charge in [-0.25, -0.2) is 4.79 Å². The smallest absolute Gasteiger partial charge is 0.328 e. The van der Waals surface area contributed by atoms with Crippen LogP contribution in [0.3, 0.4) is 0 Å². The van der Waals surface area contributed by atoms with Crippen LogP contribution < -0.4 is 5.56 Å². The molecule has 120 valence electrons. The number of nitrogens with zero attached hydrogens (tertiary/aromatic N) is 1. The van der Waals surface area contributed by atoms with Crippen molar-refractivity contribution in [3.05, 3.63) is 51.8 Å². The van der Waals surface area contributed by atoms with Crippen molar-refractivity contribution >= 4 is 22.9 Å². The number of hydrogen-bond donors (Lipinski definition) is 1. The van der Waals surface area contributed by atoms with E-state index in [1.807, 2.05) is 25.1 Å². The Morgan fingerprint density at radius 1 is 1.35 bits per heavy atom. The lowest BCUT2D eigenvalue weighted by atomic mass is 10.1. The van der Waals surface area contributed by atoms with E-state index < -0.39 is 12.3 Å². The van der Waals surface area contributed by atoms with Crippen LogP contribution in [0.15, 0.2) is 35.1 Å². The molecule has 1 aromatic heterocycles. The highest BCUT2D eigenvalue weighted by atomic mass is 16.7. The summed E-state index contributed by atoms with van der Waals surface area (Å²) in [7, 11) is 0. The zero-order chi connectivity index (χ0) is 16.4. The Morgan fingerprint density at radius 3 is 2.78 bits per heavy atom. The normalized spacial score (nSPS) is 15.7. The zero-order valence-electron chi connectivity index (χ0n) is 12.7. The molecule has 1 N–H and O–H groups in total.